The number of amides is 2. The van der Waals surface area contributed by atoms with Crippen LogP contribution < -0.4 is 20.1 Å². The Bertz CT molecular complexity index is 1510. The molecule has 4 aromatic carbocycles. The molecular formula is C28H22N2O7. The van der Waals surface area contributed by atoms with Crippen molar-refractivity contribution >= 4 is 40.7 Å². The van der Waals surface area contributed by atoms with Gasteiger partial charge in [-0.05, 0) is 67.6 Å². The lowest BCUT2D eigenvalue weighted by atomic mass is 9.93. The highest BCUT2D eigenvalue weighted by atomic mass is 16.5. The first-order chi connectivity index (χ1) is 17.8. The van der Waals surface area contributed by atoms with Crippen LogP contribution in [0.3, 0.4) is 0 Å². The van der Waals surface area contributed by atoms with Gasteiger partial charge in [0.15, 0.2) is 0 Å². The van der Waals surface area contributed by atoms with E-state index < -0.39 is 17.8 Å². The van der Waals surface area contributed by atoms with Gasteiger partial charge in [0.1, 0.15) is 17.2 Å². The number of nitrogens with one attached hydrogen (secondary N) is 2. The van der Waals surface area contributed by atoms with E-state index in [0.717, 1.165) is 5.56 Å². The van der Waals surface area contributed by atoms with Crippen molar-refractivity contribution < 1.29 is 33.8 Å². The van der Waals surface area contributed by atoms with Gasteiger partial charge in [-0.25, -0.2) is 4.79 Å². The number of aromatic carboxylic acids is 1. The first-order valence-corrected chi connectivity index (χ1v) is 11.1. The van der Waals surface area contributed by atoms with Crippen LogP contribution in [-0.4, -0.2) is 36.4 Å². The minimum absolute atomic E-state index is 0.0172. The molecule has 3 N–H and O–H groups in total. The molecule has 0 spiro atoms. The van der Waals surface area contributed by atoms with Crippen LogP contribution in [0.1, 0.15) is 36.6 Å². The molecular weight excluding hydrogens is 476 g/mol. The van der Waals surface area contributed by atoms with Crippen LogP contribution in [-0.2, 0) is 4.79 Å². The van der Waals surface area contributed by atoms with Crippen molar-refractivity contribution in [1.82, 2.24) is 5.32 Å². The highest BCUT2D eigenvalue weighted by Gasteiger charge is 2.24. The summed E-state index contributed by atoms with van der Waals surface area (Å²) in [7, 11) is 1.41. The van der Waals surface area contributed by atoms with Crippen LogP contribution in [0.15, 0.2) is 72.8 Å². The van der Waals surface area contributed by atoms with Gasteiger partial charge in [0, 0.05) is 29.1 Å². The molecule has 9 heteroatoms. The molecule has 0 radical (unpaired) electrons. The summed E-state index contributed by atoms with van der Waals surface area (Å²) in [4.78, 5) is 48.9. The predicted molar refractivity (Wildman–Crippen MR) is 137 cm³/mol. The van der Waals surface area contributed by atoms with Gasteiger partial charge in [0.05, 0.1) is 11.1 Å². The Labute approximate surface area is 211 Å². The van der Waals surface area contributed by atoms with Gasteiger partial charge in [-0.1, -0.05) is 17.7 Å². The number of fused-ring (bicyclic) bond motifs is 1. The number of ether oxygens (including phenoxy) is 2. The molecule has 186 valence electrons. The smallest absolute Gasteiger partial charge is 0.336 e. The Hall–Kier alpha value is -5.18. The molecule has 0 heterocycles. The second-order valence-electron chi connectivity index (χ2n) is 8.01. The molecule has 0 aromatic heterocycles. The Morgan fingerprint density at radius 1 is 0.757 bits per heavy atom. The molecule has 0 aliphatic rings. The van der Waals surface area contributed by atoms with Crippen molar-refractivity contribution in [3.8, 4) is 17.2 Å². The third-order valence-electron chi connectivity index (χ3n) is 5.61. The molecule has 0 aliphatic heterocycles. The third-order valence-corrected chi connectivity index (χ3v) is 5.61. The molecule has 4 rings (SSSR count). The first kappa shape index (κ1) is 24.9. The maximum Gasteiger partial charge on any atom is 0.336 e. The number of benzene rings is 4. The second-order valence-corrected chi connectivity index (χ2v) is 8.01. The Balaban J connectivity index is 1.71. The van der Waals surface area contributed by atoms with Gasteiger partial charge in [-0.3, -0.25) is 14.4 Å². The van der Waals surface area contributed by atoms with Gasteiger partial charge in [-0.15, -0.1) is 0 Å². The predicted octanol–water partition coefficient (Wildman–Crippen LogP) is 4.79. The number of aryl methyl sites for hydroxylation is 1. The minimum Gasteiger partial charge on any atom is -0.478 e. The summed E-state index contributed by atoms with van der Waals surface area (Å²) in [6, 6.07) is 19.4. The van der Waals surface area contributed by atoms with E-state index in [1.54, 1.807) is 24.3 Å². The SMILES string of the molecule is CNC(=O)c1ccc(C(=O)Nc2ccc(Oc3ccc(C)cc3)cc2)c2c(C(=O)O)ccc(OC=O)c12. The first-order valence-electron chi connectivity index (χ1n) is 11.1. The number of carboxylic acid groups (broad SMARTS) is 1. The van der Waals surface area contributed by atoms with E-state index in [2.05, 4.69) is 10.6 Å². The lowest BCUT2D eigenvalue weighted by molar-refractivity contribution is -0.120. The van der Waals surface area contributed by atoms with Gasteiger partial charge in [0.2, 0.25) is 0 Å². The van der Waals surface area contributed by atoms with E-state index in [0.29, 0.717) is 17.2 Å². The summed E-state index contributed by atoms with van der Waals surface area (Å²) in [6.07, 6.45) is 0. The monoisotopic (exact) mass is 498 g/mol. The molecule has 0 saturated carbocycles. The molecule has 0 saturated heterocycles. The third kappa shape index (κ3) is 5.25. The quantitative estimate of drug-likeness (QED) is 0.298. The minimum atomic E-state index is -1.32. The van der Waals surface area contributed by atoms with E-state index in [1.807, 2.05) is 31.2 Å². The molecule has 37 heavy (non-hydrogen) atoms. The molecule has 9 nitrogen and oxygen atoms in total. The summed E-state index contributed by atoms with van der Waals surface area (Å²) in [5.74, 6) is -1.30. The highest BCUT2D eigenvalue weighted by molar-refractivity contribution is 6.22. The van der Waals surface area contributed by atoms with Crippen molar-refractivity contribution in [3.05, 3.63) is 95.1 Å². The zero-order chi connectivity index (χ0) is 26.5. The van der Waals surface area contributed by atoms with E-state index in [4.69, 9.17) is 9.47 Å². The zero-order valence-corrected chi connectivity index (χ0v) is 19.9. The van der Waals surface area contributed by atoms with Crippen molar-refractivity contribution in [3.63, 3.8) is 0 Å². The van der Waals surface area contributed by atoms with Gasteiger partial charge >= 0.3 is 5.97 Å². The van der Waals surface area contributed by atoms with E-state index in [9.17, 15) is 24.3 Å². The van der Waals surface area contributed by atoms with E-state index >= 15 is 0 Å². The van der Waals surface area contributed by atoms with Gasteiger partial charge in [-0.2, -0.15) is 0 Å². The lowest BCUT2D eigenvalue weighted by Gasteiger charge is -2.15. The Kier molecular flexibility index (Phi) is 7.15. The Morgan fingerprint density at radius 2 is 1.32 bits per heavy atom. The topological polar surface area (TPSA) is 131 Å². The number of rotatable bonds is 8. The molecule has 0 fully saturated rings. The van der Waals surface area contributed by atoms with E-state index in [-0.39, 0.29) is 39.7 Å². The fourth-order valence-corrected chi connectivity index (χ4v) is 3.85. The van der Waals surface area contributed by atoms with Crippen molar-refractivity contribution in [2.75, 3.05) is 12.4 Å². The fraction of sp³-hybridized carbons (Fsp3) is 0.0714. The lowest BCUT2D eigenvalue weighted by Crippen LogP contribution is -2.20. The van der Waals surface area contributed by atoms with E-state index in [1.165, 1.54) is 31.3 Å². The largest absolute Gasteiger partial charge is 0.478 e. The summed E-state index contributed by atoms with van der Waals surface area (Å²) >= 11 is 0. The average Bonchev–Trinajstić information content (AvgIpc) is 2.90. The number of hydrogen-bond acceptors (Lipinski definition) is 6. The maximum atomic E-state index is 13.3. The van der Waals surface area contributed by atoms with Gasteiger partial charge in [0.25, 0.3) is 18.3 Å². The maximum absolute atomic E-state index is 13.3. The van der Waals surface area contributed by atoms with Crippen LogP contribution >= 0.6 is 0 Å². The molecule has 0 atom stereocenters. The summed E-state index contributed by atoms with van der Waals surface area (Å²) < 4.78 is 10.8. The summed E-state index contributed by atoms with van der Waals surface area (Å²) in [5.41, 5.74) is 1.34. The number of anilines is 1. The van der Waals surface area contributed by atoms with Crippen molar-refractivity contribution in [2.45, 2.75) is 6.92 Å². The molecule has 0 bridgehead atoms. The normalized spacial score (nSPS) is 10.4. The van der Waals surface area contributed by atoms with Crippen LogP contribution in [0.25, 0.3) is 10.8 Å². The number of carbonyl (C=O) groups is 4. The summed E-state index contributed by atoms with van der Waals surface area (Å²) in [6.45, 7) is 2.14. The molecule has 0 aliphatic carbocycles. The number of hydrogen-bond donors (Lipinski definition) is 3. The number of carboxylic acids is 1. The number of carbonyl (C=O) groups excluding carboxylic acids is 3. The highest BCUT2D eigenvalue weighted by Crippen LogP contribution is 2.35. The van der Waals surface area contributed by atoms with Crippen molar-refractivity contribution in [2.24, 2.45) is 0 Å². The summed E-state index contributed by atoms with van der Waals surface area (Å²) in [5, 5.41) is 15.0. The van der Waals surface area contributed by atoms with Crippen LogP contribution in [0, 0.1) is 6.92 Å². The fourth-order valence-electron chi connectivity index (χ4n) is 3.85. The molecule has 4 aromatic rings. The van der Waals surface area contributed by atoms with Crippen LogP contribution in [0.4, 0.5) is 5.69 Å². The second kappa shape index (κ2) is 10.6. The Morgan fingerprint density at radius 3 is 1.89 bits per heavy atom. The van der Waals surface area contributed by atoms with Crippen molar-refractivity contribution in [1.29, 1.82) is 0 Å². The van der Waals surface area contributed by atoms with Crippen LogP contribution in [0.2, 0.25) is 0 Å². The van der Waals surface area contributed by atoms with Gasteiger partial charge < -0.3 is 25.2 Å². The molecule has 2 amide bonds. The zero-order valence-electron chi connectivity index (χ0n) is 19.9. The van der Waals surface area contributed by atoms with Crippen LogP contribution in [0.5, 0.6) is 17.2 Å². The molecule has 0 unspecified atom stereocenters. The standard InChI is InChI=1S/C28H22N2O7/c1-16-3-7-18(8-4-16)37-19-9-5-17(6-10-19)30-27(33)20-11-12-21(26(32)29-2)25-23(36-15-31)14-13-22(24(20)25)28(34)35/h3-15H,1-2H3,(H,29,32)(H,30,33)(H,34,35). The average molecular weight is 498 g/mol.